The first-order valence-corrected chi connectivity index (χ1v) is 12.0. The second-order valence-electron chi connectivity index (χ2n) is 10.7. The molecule has 0 aliphatic carbocycles. The highest BCUT2D eigenvalue weighted by molar-refractivity contribution is 9.10. The summed E-state index contributed by atoms with van der Waals surface area (Å²) in [6.07, 6.45) is 0. The largest absolute Gasteiger partial charge is 0.494 e. The Morgan fingerprint density at radius 1 is 0.794 bits per heavy atom. The maximum Gasteiger partial charge on any atom is 0.494 e. The van der Waals surface area contributed by atoms with Crippen LogP contribution >= 0.6 is 15.9 Å². The summed E-state index contributed by atoms with van der Waals surface area (Å²) in [5, 5.41) is 0. The average Bonchev–Trinajstić information content (AvgIpc) is 2.95. The van der Waals surface area contributed by atoms with E-state index >= 15 is 0 Å². The summed E-state index contributed by atoms with van der Waals surface area (Å²) in [6, 6.07) is 15.3. The molecule has 4 N–H and O–H groups in total. The zero-order valence-corrected chi connectivity index (χ0v) is 22.9. The van der Waals surface area contributed by atoms with Crippen LogP contribution < -0.4 is 16.9 Å². The number of halogens is 1. The molecule has 0 radical (unpaired) electrons. The highest BCUT2D eigenvalue weighted by Crippen LogP contribution is 2.36. The first kappa shape index (κ1) is 28.1. The molecule has 0 bridgehead atoms. The third-order valence-corrected chi connectivity index (χ3v) is 7.41. The molecule has 2 aromatic carbocycles. The quantitative estimate of drug-likeness (QED) is 0.570. The minimum absolute atomic E-state index is 0.314. The number of rotatable bonds is 5. The summed E-state index contributed by atoms with van der Waals surface area (Å²) in [6.45, 7) is 15.3. The van der Waals surface area contributed by atoms with Crippen molar-refractivity contribution in [3.8, 4) is 0 Å². The van der Waals surface area contributed by atoms with Crippen LogP contribution in [-0.2, 0) is 29.7 Å². The number of hydrogen-bond donors (Lipinski definition) is 2. The van der Waals surface area contributed by atoms with E-state index < -0.39 is 17.9 Å². The lowest BCUT2D eigenvalue weighted by atomic mass is 9.75. The average molecular weight is 531 g/mol. The highest BCUT2D eigenvalue weighted by atomic mass is 79.9. The maximum atomic E-state index is 11.6. The van der Waals surface area contributed by atoms with E-state index in [-0.39, 0.29) is 23.0 Å². The minimum Gasteiger partial charge on any atom is -0.399 e. The van der Waals surface area contributed by atoms with Gasteiger partial charge in [-0.25, -0.2) is 0 Å². The van der Waals surface area contributed by atoms with Gasteiger partial charge in [-0.1, -0.05) is 52.3 Å². The molecule has 0 aromatic heterocycles. The van der Waals surface area contributed by atoms with E-state index in [1.165, 1.54) is 0 Å². The second-order valence-corrected chi connectivity index (χ2v) is 11.6. The van der Waals surface area contributed by atoms with E-state index in [1.807, 2.05) is 104 Å². The van der Waals surface area contributed by atoms with Gasteiger partial charge >= 0.3 is 7.12 Å². The summed E-state index contributed by atoms with van der Waals surface area (Å²) >= 11 is 3.35. The first-order chi connectivity index (χ1) is 15.4. The Hall–Kier alpha value is -2.16. The number of hydrogen-bond acceptors (Lipinski definition) is 4. The van der Waals surface area contributed by atoms with Crippen molar-refractivity contribution >= 4 is 40.3 Å². The Kier molecular flexibility index (Phi) is 8.13. The van der Waals surface area contributed by atoms with Gasteiger partial charge in [0.1, 0.15) is 0 Å². The highest BCUT2D eigenvalue weighted by Gasteiger charge is 2.51. The molecule has 3 rings (SSSR count). The standard InChI is InChI=1S/C16H24BNO3.C10H12BrNO/c1-14(2,13(18)19)11-8-7-9-12(10-11)17-20-15(3,4)16(5,6)21-17;1-10(2,9(12)13)7-4-3-5-8(11)6-7/h7-10H,1-6H3,(H2,18,19);3-6H,1-2H3,(H2,12,13). The Morgan fingerprint density at radius 2 is 1.21 bits per heavy atom. The molecule has 1 fully saturated rings. The van der Waals surface area contributed by atoms with Gasteiger partial charge in [-0.05, 0) is 84.1 Å². The summed E-state index contributed by atoms with van der Waals surface area (Å²) in [7, 11) is -0.432. The number of amides is 2. The Balaban J connectivity index is 0.000000270. The number of carbonyl (C=O) groups excluding carboxylic acids is 2. The fraction of sp³-hybridized carbons (Fsp3) is 0.462. The van der Waals surface area contributed by atoms with Gasteiger partial charge in [0.05, 0.1) is 22.0 Å². The summed E-state index contributed by atoms with van der Waals surface area (Å²) < 4.78 is 13.0. The second kappa shape index (κ2) is 9.84. The van der Waals surface area contributed by atoms with Gasteiger partial charge in [0.25, 0.3) is 0 Å². The molecule has 1 aliphatic heterocycles. The Bertz CT molecular complexity index is 1050. The van der Waals surface area contributed by atoms with Crippen LogP contribution in [0.3, 0.4) is 0 Å². The van der Waals surface area contributed by atoms with Crippen molar-refractivity contribution in [2.75, 3.05) is 0 Å². The third-order valence-electron chi connectivity index (χ3n) is 6.91. The predicted octanol–water partition coefficient (Wildman–Crippen LogP) is 3.96. The molecule has 1 aliphatic rings. The van der Waals surface area contributed by atoms with E-state index in [4.69, 9.17) is 20.8 Å². The van der Waals surface area contributed by atoms with Crippen molar-refractivity contribution in [1.82, 2.24) is 0 Å². The van der Waals surface area contributed by atoms with Gasteiger partial charge in [0, 0.05) is 4.47 Å². The van der Waals surface area contributed by atoms with Crippen LogP contribution in [0.25, 0.3) is 0 Å². The minimum atomic E-state index is -0.723. The molecule has 34 heavy (non-hydrogen) atoms. The molecule has 8 heteroatoms. The number of benzene rings is 2. The molecule has 0 spiro atoms. The molecule has 2 amide bonds. The van der Waals surface area contributed by atoms with E-state index in [9.17, 15) is 9.59 Å². The van der Waals surface area contributed by atoms with Crippen molar-refractivity contribution in [1.29, 1.82) is 0 Å². The van der Waals surface area contributed by atoms with Gasteiger partial charge in [-0.2, -0.15) is 0 Å². The van der Waals surface area contributed by atoms with Crippen LogP contribution in [0.15, 0.2) is 53.0 Å². The molecule has 0 atom stereocenters. The van der Waals surface area contributed by atoms with Crippen molar-refractivity contribution in [2.24, 2.45) is 11.5 Å². The van der Waals surface area contributed by atoms with Crippen LogP contribution in [-0.4, -0.2) is 30.1 Å². The molecule has 184 valence electrons. The molecular weight excluding hydrogens is 495 g/mol. The zero-order valence-electron chi connectivity index (χ0n) is 21.4. The smallest absolute Gasteiger partial charge is 0.399 e. The predicted molar refractivity (Wildman–Crippen MR) is 141 cm³/mol. The van der Waals surface area contributed by atoms with Crippen LogP contribution in [0.4, 0.5) is 0 Å². The lowest BCUT2D eigenvalue weighted by molar-refractivity contribution is -0.123. The third kappa shape index (κ3) is 5.91. The van der Waals surface area contributed by atoms with Gasteiger partial charge in [-0.3, -0.25) is 9.59 Å². The lowest BCUT2D eigenvalue weighted by Gasteiger charge is -2.32. The number of primary amides is 2. The summed E-state index contributed by atoms with van der Waals surface area (Å²) in [5.74, 6) is -0.667. The van der Waals surface area contributed by atoms with Gasteiger partial charge in [0.2, 0.25) is 11.8 Å². The van der Waals surface area contributed by atoms with Gasteiger partial charge in [-0.15, -0.1) is 0 Å². The van der Waals surface area contributed by atoms with Crippen LogP contribution in [0.2, 0.25) is 0 Å². The Labute approximate surface area is 212 Å². The zero-order chi connectivity index (χ0) is 26.1. The fourth-order valence-corrected chi connectivity index (χ4v) is 3.61. The molecular formula is C26H36BBrN2O4. The van der Waals surface area contributed by atoms with Gasteiger partial charge in [0.15, 0.2) is 0 Å². The fourth-order valence-electron chi connectivity index (χ4n) is 3.21. The topological polar surface area (TPSA) is 105 Å². The van der Waals surface area contributed by atoms with E-state index in [2.05, 4.69) is 15.9 Å². The molecule has 1 saturated heterocycles. The normalized spacial score (nSPS) is 17.0. The van der Waals surface area contributed by atoms with E-state index in [0.717, 1.165) is 21.1 Å². The SMILES string of the molecule is CC(C)(C(N)=O)c1cccc(B2OC(C)(C)C(C)(C)O2)c1.CC(C)(C(N)=O)c1cccc(Br)c1. The van der Waals surface area contributed by atoms with Crippen molar-refractivity contribution < 1.29 is 18.9 Å². The molecule has 6 nitrogen and oxygen atoms in total. The van der Waals surface area contributed by atoms with Crippen LogP contribution in [0, 0.1) is 0 Å². The summed E-state index contributed by atoms with van der Waals surface area (Å²) in [4.78, 5) is 22.8. The van der Waals surface area contributed by atoms with Crippen LogP contribution in [0.1, 0.15) is 66.5 Å². The molecule has 2 aromatic rings. The van der Waals surface area contributed by atoms with E-state index in [0.29, 0.717) is 0 Å². The molecule has 1 heterocycles. The number of carbonyl (C=O) groups is 2. The van der Waals surface area contributed by atoms with Crippen molar-refractivity contribution in [3.63, 3.8) is 0 Å². The first-order valence-electron chi connectivity index (χ1n) is 11.2. The van der Waals surface area contributed by atoms with Crippen molar-refractivity contribution in [2.45, 2.75) is 77.4 Å². The summed E-state index contributed by atoms with van der Waals surface area (Å²) in [5.41, 5.74) is 11.4. The van der Waals surface area contributed by atoms with Crippen LogP contribution in [0.5, 0.6) is 0 Å². The van der Waals surface area contributed by atoms with Crippen molar-refractivity contribution in [3.05, 3.63) is 64.1 Å². The maximum absolute atomic E-state index is 11.6. The monoisotopic (exact) mass is 530 g/mol. The Morgan fingerprint density at radius 3 is 1.62 bits per heavy atom. The molecule has 0 saturated carbocycles. The van der Waals surface area contributed by atoms with Gasteiger partial charge < -0.3 is 20.8 Å². The number of nitrogens with two attached hydrogens (primary N) is 2. The lowest BCUT2D eigenvalue weighted by Crippen LogP contribution is -2.41. The molecule has 0 unspecified atom stereocenters. The van der Waals surface area contributed by atoms with E-state index in [1.54, 1.807) is 0 Å².